The van der Waals surface area contributed by atoms with Crippen molar-refractivity contribution in [1.82, 2.24) is 0 Å². The van der Waals surface area contributed by atoms with Crippen LogP contribution < -0.4 is 10.1 Å². The molecule has 0 amide bonds. The third kappa shape index (κ3) is 3.32. The number of methoxy groups -OCH3 is 1. The molecular formula is C12H16BrNOS. The van der Waals surface area contributed by atoms with Gasteiger partial charge in [0.15, 0.2) is 0 Å². The number of hydrogen-bond donors (Lipinski definition) is 1. The summed E-state index contributed by atoms with van der Waals surface area (Å²) in [4.78, 5) is 0. The minimum absolute atomic E-state index is 0.595. The van der Waals surface area contributed by atoms with Crippen molar-refractivity contribution in [1.29, 1.82) is 0 Å². The molecule has 0 radical (unpaired) electrons. The maximum atomic E-state index is 5.25. The predicted molar refractivity (Wildman–Crippen MR) is 74.7 cm³/mol. The lowest BCUT2D eigenvalue weighted by atomic mass is 10.1. The van der Waals surface area contributed by atoms with Crippen LogP contribution in [0.5, 0.6) is 5.75 Å². The second kappa shape index (κ2) is 5.82. The van der Waals surface area contributed by atoms with Gasteiger partial charge in [-0.1, -0.05) is 15.9 Å². The van der Waals surface area contributed by atoms with E-state index in [4.69, 9.17) is 4.74 Å². The molecule has 0 bridgehead atoms. The van der Waals surface area contributed by atoms with Crippen molar-refractivity contribution in [3.63, 3.8) is 0 Å². The van der Waals surface area contributed by atoms with Gasteiger partial charge in [0.1, 0.15) is 5.75 Å². The zero-order chi connectivity index (χ0) is 11.4. The highest BCUT2D eigenvalue weighted by molar-refractivity contribution is 9.10. The Hall–Kier alpha value is -0.350. The van der Waals surface area contributed by atoms with Crippen LogP contribution in [0.2, 0.25) is 0 Å². The van der Waals surface area contributed by atoms with E-state index in [-0.39, 0.29) is 0 Å². The van der Waals surface area contributed by atoms with Crippen LogP contribution in [0.15, 0.2) is 22.7 Å². The predicted octanol–water partition coefficient (Wildman–Crippen LogP) is 3.77. The van der Waals surface area contributed by atoms with E-state index in [1.54, 1.807) is 7.11 Å². The summed E-state index contributed by atoms with van der Waals surface area (Å²) in [5, 5.41) is 3.57. The monoisotopic (exact) mass is 301 g/mol. The molecule has 1 N–H and O–H groups in total. The van der Waals surface area contributed by atoms with Crippen LogP contribution in [0.1, 0.15) is 12.8 Å². The van der Waals surface area contributed by atoms with Crippen LogP contribution in [-0.2, 0) is 0 Å². The Labute approximate surface area is 109 Å². The fourth-order valence-electron chi connectivity index (χ4n) is 1.85. The van der Waals surface area contributed by atoms with Crippen molar-refractivity contribution in [3.8, 4) is 5.75 Å². The third-order valence-electron chi connectivity index (χ3n) is 2.64. The summed E-state index contributed by atoms with van der Waals surface area (Å²) < 4.78 is 6.30. The summed E-state index contributed by atoms with van der Waals surface area (Å²) in [7, 11) is 1.70. The number of anilines is 1. The van der Waals surface area contributed by atoms with Gasteiger partial charge >= 0.3 is 0 Å². The summed E-state index contributed by atoms with van der Waals surface area (Å²) in [6.45, 7) is 0. The first-order valence-corrected chi connectivity index (χ1v) is 7.41. The molecule has 1 aliphatic rings. The number of rotatable bonds is 3. The molecular weight excluding hydrogens is 286 g/mol. The molecule has 1 saturated heterocycles. The molecule has 0 saturated carbocycles. The Morgan fingerprint density at radius 1 is 1.44 bits per heavy atom. The molecule has 2 nitrogen and oxygen atoms in total. The van der Waals surface area contributed by atoms with Gasteiger partial charge in [0.25, 0.3) is 0 Å². The fraction of sp³-hybridized carbons (Fsp3) is 0.500. The van der Waals surface area contributed by atoms with Gasteiger partial charge in [-0.05, 0) is 30.7 Å². The van der Waals surface area contributed by atoms with Gasteiger partial charge in [0.2, 0.25) is 0 Å². The van der Waals surface area contributed by atoms with E-state index < -0.39 is 0 Å². The van der Waals surface area contributed by atoms with E-state index in [0.29, 0.717) is 6.04 Å². The van der Waals surface area contributed by atoms with Crippen molar-refractivity contribution >= 4 is 33.4 Å². The lowest BCUT2D eigenvalue weighted by molar-refractivity contribution is 0.414. The molecule has 0 aliphatic carbocycles. The van der Waals surface area contributed by atoms with Crippen molar-refractivity contribution in [2.75, 3.05) is 23.9 Å². The molecule has 1 fully saturated rings. The Morgan fingerprint density at radius 3 is 3.00 bits per heavy atom. The highest BCUT2D eigenvalue weighted by atomic mass is 79.9. The second-order valence-corrected chi connectivity index (χ2v) is 6.00. The SMILES string of the molecule is COc1cc(Br)cc(NC2CCCSC2)c1. The second-order valence-electron chi connectivity index (χ2n) is 3.94. The van der Waals surface area contributed by atoms with Gasteiger partial charge in [0, 0.05) is 28.0 Å². The number of ether oxygens (including phenoxy) is 1. The normalized spacial score (nSPS) is 20.5. The first kappa shape index (κ1) is 12.1. The molecule has 2 rings (SSSR count). The number of nitrogens with one attached hydrogen (secondary N) is 1. The summed E-state index contributed by atoms with van der Waals surface area (Å²) in [6.07, 6.45) is 2.58. The standard InChI is InChI=1S/C12H16BrNOS/c1-15-12-6-9(13)5-11(7-12)14-10-3-2-4-16-8-10/h5-7,10,14H,2-4,8H2,1H3. The van der Waals surface area contributed by atoms with E-state index in [9.17, 15) is 0 Å². The zero-order valence-electron chi connectivity index (χ0n) is 9.33. The van der Waals surface area contributed by atoms with E-state index in [0.717, 1.165) is 15.9 Å². The third-order valence-corrected chi connectivity index (χ3v) is 4.31. The fourth-order valence-corrected chi connectivity index (χ4v) is 3.40. The molecule has 88 valence electrons. The Kier molecular flexibility index (Phi) is 4.41. The molecule has 1 atom stereocenters. The average molecular weight is 302 g/mol. The number of halogens is 1. The van der Waals surface area contributed by atoms with E-state index >= 15 is 0 Å². The molecule has 1 aromatic rings. The quantitative estimate of drug-likeness (QED) is 0.918. The van der Waals surface area contributed by atoms with Gasteiger partial charge in [-0.25, -0.2) is 0 Å². The van der Waals surface area contributed by atoms with Gasteiger partial charge in [-0.3, -0.25) is 0 Å². The van der Waals surface area contributed by atoms with Crippen molar-refractivity contribution in [3.05, 3.63) is 22.7 Å². The molecule has 1 heterocycles. The summed E-state index contributed by atoms with van der Waals surface area (Å²) in [5.74, 6) is 3.40. The highest BCUT2D eigenvalue weighted by Gasteiger charge is 2.13. The number of benzene rings is 1. The van der Waals surface area contributed by atoms with Gasteiger partial charge in [-0.2, -0.15) is 11.8 Å². The smallest absolute Gasteiger partial charge is 0.122 e. The zero-order valence-corrected chi connectivity index (χ0v) is 11.7. The molecule has 1 unspecified atom stereocenters. The summed E-state index contributed by atoms with van der Waals surface area (Å²) in [6, 6.07) is 6.71. The Bertz CT molecular complexity index is 353. The minimum atomic E-state index is 0.595. The Morgan fingerprint density at radius 2 is 2.31 bits per heavy atom. The van der Waals surface area contributed by atoms with Crippen molar-refractivity contribution in [2.24, 2.45) is 0 Å². The average Bonchev–Trinajstić information content (AvgIpc) is 2.29. The van der Waals surface area contributed by atoms with Gasteiger partial charge in [0.05, 0.1) is 7.11 Å². The van der Waals surface area contributed by atoms with Gasteiger partial charge < -0.3 is 10.1 Å². The van der Waals surface area contributed by atoms with Crippen LogP contribution >= 0.6 is 27.7 Å². The van der Waals surface area contributed by atoms with Crippen LogP contribution in [0, 0.1) is 0 Å². The van der Waals surface area contributed by atoms with E-state index in [2.05, 4.69) is 27.3 Å². The molecule has 16 heavy (non-hydrogen) atoms. The number of thioether (sulfide) groups is 1. The summed E-state index contributed by atoms with van der Waals surface area (Å²) in [5.41, 5.74) is 1.14. The molecule has 1 aliphatic heterocycles. The first-order chi connectivity index (χ1) is 7.78. The van der Waals surface area contributed by atoms with Crippen molar-refractivity contribution in [2.45, 2.75) is 18.9 Å². The minimum Gasteiger partial charge on any atom is -0.497 e. The summed E-state index contributed by atoms with van der Waals surface area (Å²) >= 11 is 5.52. The number of hydrogen-bond acceptors (Lipinski definition) is 3. The van der Waals surface area contributed by atoms with Crippen LogP contribution in [-0.4, -0.2) is 24.7 Å². The highest BCUT2D eigenvalue weighted by Crippen LogP contribution is 2.27. The van der Waals surface area contributed by atoms with Crippen molar-refractivity contribution < 1.29 is 4.74 Å². The lowest BCUT2D eigenvalue weighted by Crippen LogP contribution is -2.25. The Balaban J connectivity index is 2.04. The molecule has 0 aromatic heterocycles. The first-order valence-electron chi connectivity index (χ1n) is 5.47. The molecule has 4 heteroatoms. The largest absolute Gasteiger partial charge is 0.497 e. The van der Waals surface area contributed by atoms with E-state index in [1.165, 1.54) is 24.3 Å². The van der Waals surface area contributed by atoms with Crippen LogP contribution in [0.3, 0.4) is 0 Å². The van der Waals surface area contributed by atoms with Gasteiger partial charge in [-0.15, -0.1) is 0 Å². The van der Waals surface area contributed by atoms with Crippen LogP contribution in [0.25, 0.3) is 0 Å². The lowest BCUT2D eigenvalue weighted by Gasteiger charge is -2.23. The maximum absolute atomic E-state index is 5.25. The van der Waals surface area contributed by atoms with Crippen LogP contribution in [0.4, 0.5) is 5.69 Å². The maximum Gasteiger partial charge on any atom is 0.122 e. The molecule has 1 aromatic carbocycles. The molecule has 0 spiro atoms. The topological polar surface area (TPSA) is 21.3 Å². The van der Waals surface area contributed by atoms with E-state index in [1.807, 2.05) is 23.9 Å².